The number of amides is 1. The number of rotatable bonds is 9. The van der Waals surface area contributed by atoms with Gasteiger partial charge in [0.1, 0.15) is 6.61 Å². The van der Waals surface area contributed by atoms with E-state index in [9.17, 15) is 9.59 Å². The molecule has 1 amide bonds. The summed E-state index contributed by atoms with van der Waals surface area (Å²) < 4.78 is 21.1. The van der Waals surface area contributed by atoms with E-state index >= 15 is 0 Å². The summed E-state index contributed by atoms with van der Waals surface area (Å²) in [6.07, 6.45) is 2.90. The third-order valence-electron chi connectivity index (χ3n) is 3.93. The van der Waals surface area contributed by atoms with Gasteiger partial charge in [-0.3, -0.25) is 9.69 Å². The van der Waals surface area contributed by atoms with E-state index in [1.165, 1.54) is 45.7 Å². The smallest absolute Gasteiger partial charge is 0.331 e. The van der Waals surface area contributed by atoms with E-state index in [0.717, 1.165) is 0 Å². The molecule has 0 radical (unpaired) electrons. The molecule has 0 fully saturated rings. The van der Waals surface area contributed by atoms with Gasteiger partial charge in [0.2, 0.25) is 11.7 Å². The van der Waals surface area contributed by atoms with Crippen molar-refractivity contribution in [1.29, 1.82) is 0 Å². The highest BCUT2D eigenvalue weighted by Crippen LogP contribution is 2.38. The molecule has 0 saturated carbocycles. The van der Waals surface area contributed by atoms with Crippen LogP contribution >= 0.6 is 11.3 Å². The van der Waals surface area contributed by atoms with Gasteiger partial charge in [-0.25, -0.2) is 9.78 Å². The Morgan fingerprint density at radius 1 is 1.14 bits per heavy atom. The van der Waals surface area contributed by atoms with Gasteiger partial charge < -0.3 is 18.9 Å². The molecule has 8 nitrogen and oxygen atoms in total. The van der Waals surface area contributed by atoms with Crippen LogP contribution in [-0.2, 0) is 20.9 Å². The monoisotopic (exact) mass is 420 g/mol. The third-order valence-corrected chi connectivity index (χ3v) is 4.84. The molecule has 0 spiro atoms. The van der Waals surface area contributed by atoms with Gasteiger partial charge in [0.25, 0.3) is 0 Å². The van der Waals surface area contributed by atoms with Crippen LogP contribution < -0.4 is 19.1 Å². The molecule has 2 aromatic rings. The number of methoxy groups -OCH3 is 3. The summed E-state index contributed by atoms with van der Waals surface area (Å²) in [5, 5.41) is 2.34. The molecule has 0 atom stereocenters. The lowest BCUT2D eigenvalue weighted by Crippen LogP contribution is -2.27. The van der Waals surface area contributed by atoms with Crippen molar-refractivity contribution in [2.24, 2.45) is 0 Å². The van der Waals surface area contributed by atoms with Crippen molar-refractivity contribution < 1.29 is 28.5 Å². The zero-order valence-corrected chi connectivity index (χ0v) is 17.9. The molecule has 0 unspecified atom stereocenters. The molecule has 9 heteroatoms. The number of benzene rings is 1. The Kier molecular flexibility index (Phi) is 8.02. The number of ether oxygens (including phenoxy) is 4. The highest BCUT2D eigenvalue weighted by Gasteiger charge is 2.14. The fourth-order valence-electron chi connectivity index (χ4n) is 2.53. The van der Waals surface area contributed by atoms with Crippen LogP contribution in [-0.4, -0.2) is 44.7 Å². The van der Waals surface area contributed by atoms with Crippen LogP contribution in [0.25, 0.3) is 6.08 Å². The maximum Gasteiger partial charge on any atom is 0.331 e. The average molecular weight is 420 g/mol. The Morgan fingerprint density at radius 2 is 1.79 bits per heavy atom. The first-order valence-corrected chi connectivity index (χ1v) is 9.68. The molecule has 1 aromatic heterocycles. The van der Waals surface area contributed by atoms with Crippen LogP contribution in [0.15, 0.2) is 23.6 Å². The topological polar surface area (TPSA) is 87.2 Å². The van der Waals surface area contributed by atoms with Crippen molar-refractivity contribution in [1.82, 2.24) is 4.98 Å². The Hall–Kier alpha value is -3.07. The number of hydrogen-bond acceptors (Lipinski definition) is 8. The van der Waals surface area contributed by atoms with Crippen LogP contribution in [0, 0.1) is 0 Å². The zero-order chi connectivity index (χ0) is 21.4. The van der Waals surface area contributed by atoms with Crippen molar-refractivity contribution in [3.8, 4) is 17.2 Å². The molecule has 1 heterocycles. The van der Waals surface area contributed by atoms with Crippen LogP contribution in [0.5, 0.6) is 17.2 Å². The minimum atomic E-state index is -0.521. The number of nitrogens with zero attached hydrogens (tertiary/aromatic N) is 2. The summed E-state index contributed by atoms with van der Waals surface area (Å²) in [4.78, 5) is 29.5. The second-order valence-corrected chi connectivity index (χ2v) is 6.62. The highest BCUT2D eigenvalue weighted by molar-refractivity contribution is 7.14. The molecular formula is C20H24N2O6S. The highest BCUT2D eigenvalue weighted by atomic mass is 32.1. The van der Waals surface area contributed by atoms with E-state index in [1.54, 1.807) is 28.5 Å². The van der Waals surface area contributed by atoms with Crippen LogP contribution in [0.3, 0.4) is 0 Å². The van der Waals surface area contributed by atoms with Crippen molar-refractivity contribution >= 4 is 34.4 Å². The molecule has 1 aromatic carbocycles. The lowest BCUT2D eigenvalue weighted by atomic mass is 10.1. The largest absolute Gasteiger partial charge is 0.493 e. The fourth-order valence-corrected chi connectivity index (χ4v) is 3.45. The van der Waals surface area contributed by atoms with Crippen LogP contribution in [0.1, 0.15) is 25.1 Å². The van der Waals surface area contributed by atoms with Gasteiger partial charge in [-0.05, 0) is 30.7 Å². The van der Waals surface area contributed by atoms with Gasteiger partial charge in [0.05, 0.1) is 27.0 Å². The Labute approximate surface area is 173 Å². The zero-order valence-electron chi connectivity index (χ0n) is 17.1. The van der Waals surface area contributed by atoms with Gasteiger partial charge in [-0.2, -0.15) is 0 Å². The van der Waals surface area contributed by atoms with Gasteiger partial charge in [-0.1, -0.05) is 0 Å². The van der Waals surface area contributed by atoms with Crippen LogP contribution in [0.4, 0.5) is 5.13 Å². The standard InChI is InChI=1S/C20H24N2O6S/c1-6-22(13(2)23)20-21-15(12-29-20)11-28-18(24)8-7-14-9-16(25-3)19(27-5)17(10-14)26-4/h7-10,12H,6,11H2,1-5H3/b8-7+. The second-order valence-electron chi connectivity index (χ2n) is 5.78. The van der Waals surface area contributed by atoms with E-state index in [4.69, 9.17) is 18.9 Å². The maximum absolute atomic E-state index is 12.0. The minimum absolute atomic E-state index is 0.0182. The first-order valence-electron chi connectivity index (χ1n) is 8.80. The number of thiazole rings is 1. The first-order chi connectivity index (χ1) is 13.9. The van der Waals surface area contributed by atoms with E-state index in [0.29, 0.717) is 40.2 Å². The molecular weight excluding hydrogens is 396 g/mol. The maximum atomic E-state index is 12.0. The Morgan fingerprint density at radius 3 is 2.31 bits per heavy atom. The number of carbonyl (C=O) groups excluding carboxylic acids is 2. The van der Waals surface area contributed by atoms with Crippen molar-refractivity contribution in [2.45, 2.75) is 20.5 Å². The molecule has 0 N–H and O–H groups in total. The lowest BCUT2D eigenvalue weighted by Gasteiger charge is -2.14. The molecule has 2 rings (SSSR count). The molecule has 0 aliphatic carbocycles. The summed E-state index contributed by atoms with van der Waals surface area (Å²) in [5.41, 5.74) is 1.27. The van der Waals surface area contributed by atoms with Crippen LogP contribution in [0.2, 0.25) is 0 Å². The number of aromatic nitrogens is 1. The van der Waals surface area contributed by atoms with E-state index in [2.05, 4.69) is 4.98 Å². The van der Waals surface area contributed by atoms with Gasteiger partial charge in [-0.15, -0.1) is 11.3 Å². The normalized spacial score (nSPS) is 10.7. The Balaban J connectivity index is 2.02. The number of carbonyl (C=O) groups is 2. The summed E-state index contributed by atoms with van der Waals surface area (Å²) in [6.45, 7) is 3.90. The molecule has 29 heavy (non-hydrogen) atoms. The molecule has 0 aliphatic rings. The minimum Gasteiger partial charge on any atom is -0.493 e. The molecule has 0 aliphatic heterocycles. The molecule has 0 bridgehead atoms. The molecule has 156 valence electrons. The summed E-state index contributed by atoms with van der Waals surface area (Å²) in [5.74, 6) is 0.841. The van der Waals surface area contributed by atoms with Crippen molar-refractivity contribution in [3.05, 3.63) is 34.8 Å². The van der Waals surface area contributed by atoms with Gasteiger partial charge in [0, 0.05) is 24.9 Å². The summed E-state index contributed by atoms with van der Waals surface area (Å²) in [7, 11) is 4.56. The summed E-state index contributed by atoms with van der Waals surface area (Å²) in [6, 6.07) is 3.44. The van der Waals surface area contributed by atoms with E-state index in [1.807, 2.05) is 6.92 Å². The van der Waals surface area contributed by atoms with E-state index in [-0.39, 0.29) is 12.5 Å². The SMILES string of the molecule is CCN(C(C)=O)c1nc(COC(=O)/C=C/c2cc(OC)c(OC)c(OC)c2)cs1. The quantitative estimate of drug-likeness (QED) is 0.454. The lowest BCUT2D eigenvalue weighted by molar-refractivity contribution is -0.139. The predicted molar refractivity (Wildman–Crippen MR) is 111 cm³/mol. The number of esters is 1. The van der Waals surface area contributed by atoms with E-state index < -0.39 is 5.97 Å². The predicted octanol–water partition coefficient (Wildman–Crippen LogP) is 3.30. The number of anilines is 1. The first kappa shape index (κ1) is 22.2. The second kappa shape index (κ2) is 10.5. The summed E-state index contributed by atoms with van der Waals surface area (Å²) >= 11 is 1.33. The number of hydrogen-bond donors (Lipinski definition) is 0. The third kappa shape index (κ3) is 5.71. The van der Waals surface area contributed by atoms with Crippen molar-refractivity contribution in [3.63, 3.8) is 0 Å². The van der Waals surface area contributed by atoms with Crippen molar-refractivity contribution in [2.75, 3.05) is 32.8 Å². The van der Waals surface area contributed by atoms with Gasteiger partial charge >= 0.3 is 5.97 Å². The molecule has 0 saturated heterocycles. The average Bonchev–Trinajstić information content (AvgIpc) is 3.18. The Bertz CT molecular complexity index is 868. The van der Waals surface area contributed by atoms with Gasteiger partial charge in [0.15, 0.2) is 16.6 Å². The fraction of sp³-hybridized carbons (Fsp3) is 0.350.